The standard InChI is InChI=1S/C50H51N5O10S/c1-65-50(64)42(30-46(59)60)55-47(61)36-25-32-16-20-37(21-17-32)51-44(57)22-23-45(58)52-41(29-38-13-8-24-66-38)49(63)54-40(27-33-14-18-35(19-15-33)34-11-6-3-7-12-34)48(62)53-39(43(56)28-36)26-31-9-4-2-5-10-31/h2-21,24,36,39-42H,22-23,25-30H2,1H3,(H,51,57)(H,52,58)(H,53,62)(H,54,63)(H,55,61)(H,59,60)/t36-,39-,40+,41-,42+/m1/s1. The number of hydrogen-bond donors (Lipinski definition) is 6. The Morgan fingerprint density at radius 2 is 1.26 bits per heavy atom. The first-order valence-corrected chi connectivity index (χ1v) is 22.3. The largest absolute Gasteiger partial charge is 0.481 e. The summed E-state index contributed by atoms with van der Waals surface area (Å²) >= 11 is 1.38. The summed E-state index contributed by atoms with van der Waals surface area (Å²) in [5.41, 5.74) is 4.22. The second-order valence-electron chi connectivity index (χ2n) is 16.0. The molecule has 0 fully saturated rings. The molecular weight excluding hydrogens is 863 g/mol. The molecule has 16 heteroatoms. The van der Waals surface area contributed by atoms with Gasteiger partial charge in [0.15, 0.2) is 5.78 Å². The minimum absolute atomic E-state index is 0.00144. The maximum Gasteiger partial charge on any atom is 0.328 e. The molecule has 0 aliphatic carbocycles. The number of nitrogens with one attached hydrogen (secondary N) is 5. The molecule has 0 radical (unpaired) electrons. The number of carboxylic acid groups (broad SMARTS) is 1. The molecule has 0 saturated carbocycles. The van der Waals surface area contributed by atoms with Gasteiger partial charge in [-0.25, -0.2) is 4.79 Å². The second kappa shape index (κ2) is 23.5. The maximum atomic E-state index is 14.7. The number of thiophene rings is 1. The van der Waals surface area contributed by atoms with Crippen molar-refractivity contribution in [3.8, 4) is 11.1 Å². The molecule has 0 unspecified atom stereocenters. The average Bonchev–Trinajstić information content (AvgIpc) is 3.83. The number of rotatable bonds is 12. The van der Waals surface area contributed by atoms with Gasteiger partial charge in [0.2, 0.25) is 29.5 Å². The van der Waals surface area contributed by atoms with Gasteiger partial charge in [-0.15, -0.1) is 11.3 Å². The van der Waals surface area contributed by atoms with Crippen molar-refractivity contribution in [1.82, 2.24) is 21.3 Å². The van der Waals surface area contributed by atoms with Gasteiger partial charge in [-0.05, 0) is 64.2 Å². The summed E-state index contributed by atoms with van der Waals surface area (Å²) in [6, 6.07) is 30.9. The first kappa shape index (κ1) is 48.0. The minimum Gasteiger partial charge on any atom is -0.481 e. The Balaban J connectivity index is 1.37. The second-order valence-corrected chi connectivity index (χ2v) is 17.0. The molecule has 6 N–H and O–H groups in total. The fourth-order valence-electron chi connectivity index (χ4n) is 7.56. The Morgan fingerprint density at radius 1 is 0.667 bits per heavy atom. The van der Waals surface area contributed by atoms with Crippen molar-refractivity contribution in [2.24, 2.45) is 5.92 Å². The van der Waals surface area contributed by atoms with Crippen molar-refractivity contribution in [3.05, 3.63) is 148 Å². The van der Waals surface area contributed by atoms with E-state index in [0.717, 1.165) is 23.1 Å². The van der Waals surface area contributed by atoms with Crippen molar-refractivity contribution in [2.45, 2.75) is 75.5 Å². The third-order valence-corrected chi connectivity index (χ3v) is 12.0. The Morgan fingerprint density at radius 3 is 1.89 bits per heavy atom. The maximum absolute atomic E-state index is 14.7. The molecule has 15 nitrogen and oxygen atoms in total. The van der Waals surface area contributed by atoms with Crippen LogP contribution in [-0.2, 0) is 68.8 Å². The number of carbonyl (C=O) groups is 8. The number of carboxylic acids is 1. The number of ketones is 1. The predicted octanol–water partition coefficient (Wildman–Crippen LogP) is 4.58. The molecule has 2 bridgehead atoms. The van der Waals surface area contributed by atoms with Crippen LogP contribution < -0.4 is 26.6 Å². The van der Waals surface area contributed by atoms with Crippen LogP contribution >= 0.6 is 11.3 Å². The van der Waals surface area contributed by atoms with E-state index in [1.807, 2.05) is 72.1 Å². The highest BCUT2D eigenvalue weighted by Gasteiger charge is 2.34. The van der Waals surface area contributed by atoms with E-state index in [9.17, 15) is 43.5 Å². The summed E-state index contributed by atoms with van der Waals surface area (Å²) in [6.45, 7) is 0. The third-order valence-electron chi connectivity index (χ3n) is 11.1. The van der Waals surface area contributed by atoms with Gasteiger partial charge in [0, 0.05) is 48.6 Å². The van der Waals surface area contributed by atoms with Crippen molar-refractivity contribution < 1.29 is 48.2 Å². The van der Waals surface area contributed by atoms with Gasteiger partial charge >= 0.3 is 11.9 Å². The van der Waals surface area contributed by atoms with Gasteiger partial charge in [0.1, 0.15) is 18.1 Å². The summed E-state index contributed by atoms with van der Waals surface area (Å²) in [5, 5.41) is 25.0. The van der Waals surface area contributed by atoms with Crippen molar-refractivity contribution in [1.29, 1.82) is 0 Å². The first-order chi connectivity index (χ1) is 31.8. The highest BCUT2D eigenvalue weighted by Crippen LogP contribution is 2.22. The van der Waals surface area contributed by atoms with E-state index >= 15 is 0 Å². The van der Waals surface area contributed by atoms with Crippen LogP contribution in [0, 0.1) is 5.92 Å². The number of benzene rings is 4. The molecule has 5 amide bonds. The van der Waals surface area contributed by atoms with E-state index < -0.39 is 90.2 Å². The van der Waals surface area contributed by atoms with Crippen molar-refractivity contribution in [2.75, 3.05) is 12.4 Å². The quantitative estimate of drug-likeness (QED) is 0.0755. The van der Waals surface area contributed by atoms with Gasteiger partial charge in [0.25, 0.3) is 0 Å². The lowest BCUT2D eigenvalue weighted by Crippen LogP contribution is -2.57. The Hall–Kier alpha value is -7.46. The molecule has 4 aromatic carbocycles. The monoisotopic (exact) mass is 913 g/mol. The lowest BCUT2D eigenvalue weighted by Gasteiger charge is -2.26. The summed E-state index contributed by atoms with van der Waals surface area (Å²) in [6.07, 6.45) is -1.69. The minimum atomic E-state index is -1.56. The number of carbonyl (C=O) groups excluding carboxylic acids is 7. The Kier molecular flexibility index (Phi) is 17.1. The molecule has 5 atom stereocenters. The number of hydrogen-bond acceptors (Lipinski definition) is 10. The van der Waals surface area contributed by atoms with E-state index in [4.69, 9.17) is 4.74 Å². The van der Waals surface area contributed by atoms with Crippen LogP contribution in [0.25, 0.3) is 11.1 Å². The van der Waals surface area contributed by atoms with Crippen LogP contribution in [0.3, 0.4) is 0 Å². The fourth-order valence-corrected chi connectivity index (χ4v) is 8.31. The SMILES string of the molecule is COC(=O)[C@H](CC(=O)O)NC(=O)[C@H]1CC(=O)[C@@H](Cc2ccccc2)NC(=O)[C@H](Cc2ccc(-c3ccccc3)cc2)NC(=O)[C@@H](Cc2cccs2)NC(=O)CCC(=O)Nc2ccc(cc2)C1. The van der Waals surface area contributed by atoms with Gasteiger partial charge in [0.05, 0.1) is 19.6 Å². The third kappa shape index (κ3) is 14.3. The number of ether oxygens (including phenoxy) is 1. The zero-order chi connectivity index (χ0) is 47.0. The van der Waals surface area contributed by atoms with Crippen molar-refractivity contribution >= 4 is 64.3 Å². The highest BCUT2D eigenvalue weighted by molar-refractivity contribution is 7.09. The van der Waals surface area contributed by atoms with Crippen LogP contribution in [-0.4, -0.2) is 83.6 Å². The molecule has 5 aromatic rings. The molecule has 342 valence electrons. The first-order valence-electron chi connectivity index (χ1n) is 21.5. The number of Topliss-reactive ketones (excluding diaryl/α,β-unsaturated/α-hetero) is 1. The molecule has 1 aromatic heterocycles. The van der Waals surface area contributed by atoms with Crippen LogP contribution in [0.1, 0.15) is 47.3 Å². The molecule has 0 spiro atoms. The molecular formula is C50H51N5O10S. The lowest BCUT2D eigenvalue weighted by molar-refractivity contribution is -0.150. The van der Waals surface area contributed by atoms with Crippen LogP contribution in [0.5, 0.6) is 0 Å². The molecule has 66 heavy (non-hydrogen) atoms. The van der Waals surface area contributed by atoms with E-state index in [2.05, 4.69) is 26.6 Å². The molecule has 0 saturated heterocycles. The van der Waals surface area contributed by atoms with Crippen LogP contribution in [0.2, 0.25) is 0 Å². The Labute approximate surface area is 385 Å². The fraction of sp³-hybridized carbons (Fsp3) is 0.280. The zero-order valence-corrected chi connectivity index (χ0v) is 37.0. The molecule has 7 rings (SSSR count). The highest BCUT2D eigenvalue weighted by atomic mass is 32.1. The number of methoxy groups -OCH3 is 1. The normalized spacial score (nSPS) is 19.2. The van der Waals surface area contributed by atoms with E-state index in [0.29, 0.717) is 22.4 Å². The van der Waals surface area contributed by atoms with E-state index in [-0.39, 0.29) is 38.5 Å². The summed E-state index contributed by atoms with van der Waals surface area (Å²) in [7, 11) is 1.06. The molecule has 3 heterocycles. The number of anilines is 1. The van der Waals surface area contributed by atoms with Gasteiger partial charge in [-0.2, -0.15) is 0 Å². The zero-order valence-electron chi connectivity index (χ0n) is 36.2. The van der Waals surface area contributed by atoms with Crippen molar-refractivity contribution in [3.63, 3.8) is 0 Å². The molecule has 2 aliphatic rings. The summed E-state index contributed by atoms with van der Waals surface area (Å²) in [4.78, 5) is 109. The number of amides is 5. The lowest BCUT2D eigenvalue weighted by atomic mass is 9.89. The predicted molar refractivity (Wildman–Crippen MR) is 247 cm³/mol. The van der Waals surface area contributed by atoms with Crippen LogP contribution in [0.4, 0.5) is 5.69 Å². The number of esters is 1. The van der Waals surface area contributed by atoms with Crippen LogP contribution in [0.15, 0.2) is 127 Å². The smallest absolute Gasteiger partial charge is 0.328 e. The van der Waals surface area contributed by atoms with Gasteiger partial charge in [-0.3, -0.25) is 33.6 Å². The van der Waals surface area contributed by atoms with E-state index in [1.54, 1.807) is 54.6 Å². The van der Waals surface area contributed by atoms with Gasteiger partial charge in [-0.1, -0.05) is 103 Å². The Bertz CT molecular complexity index is 2480. The van der Waals surface area contributed by atoms with Gasteiger partial charge < -0.3 is 36.4 Å². The summed E-state index contributed by atoms with van der Waals surface area (Å²) < 4.78 is 4.75. The molecule has 2 aliphatic heterocycles. The topological polar surface area (TPSA) is 226 Å². The van der Waals surface area contributed by atoms with E-state index in [1.165, 1.54) is 11.3 Å². The number of fused-ring (bicyclic) bond motifs is 18. The summed E-state index contributed by atoms with van der Waals surface area (Å²) in [5.74, 6) is -7.33. The average molecular weight is 914 g/mol. The number of aliphatic carboxylic acids is 1.